The number of imidazole rings is 1. The molecule has 0 bridgehead atoms. The molecule has 0 unspecified atom stereocenters. The summed E-state index contributed by atoms with van der Waals surface area (Å²) < 4.78 is 1.70. The number of aliphatic imine (C=N–C) groups is 1. The summed E-state index contributed by atoms with van der Waals surface area (Å²) in [6.07, 6.45) is 3.57. The number of rotatable bonds is 4. The van der Waals surface area contributed by atoms with Gasteiger partial charge in [0.2, 0.25) is 0 Å². The van der Waals surface area contributed by atoms with Crippen LogP contribution in [0.25, 0.3) is 16.9 Å². The summed E-state index contributed by atoms with van der Waals surface area (Å²) in [5.41, 5.74) is 3.08. The van der Waals surface area contributed by atoms with Crippen LogP contribution in [-0.4, -0.2) is 27.1 Å². The molecule has 4 rings (SSSR count). The van der Waals surface area contributed by atoms with E-state index in [1.54, 1.807) is 22.9 Å². The Kier molecular flexibility index (Phi) is 5.14. The molecule has 0 aliphatic heterocycles. The number of benzene rings is 2. The van der Waals surface area contributed by atoms with Gasteiger partial charge in [-0.3, -0.25) is 5.10 Å². The molecule has 2 aromatic heterocycles. The number of aromatic amines is 1. The number of aromatic nitrogens is 3. The van der Waals surface area contributed by atoms with Crippen LogP contribution in [0.1, 0.15) is 11.1 Å². The lowest BCUT2D eigenvalue weighted by Gasteiger charge is -2.03. The van der Waals surface area contributed by atoms with E-state index in [9.17, 15) is 5.26 Å². The van der Waals surface area contributed by atoms with Gasteiger partial charge in [-0.2, -0.15) is 5.26 Å². The molecule has 4 aromatic rings. The monoisotopic (exact) mass is 425 g/mol. The van der Waals surface area contributed by atoms with Crippen LogP contribution in [0.2, 0.25) is 10.0 Å². The highest BCUT2D eigenvalue weighted by Crippen LogP contribution is 2.37. The zero-order valence-electron chi connectivity index (χ0n) is 14.6. The van der Waals surface area contributed by atoms with E-state index in [1.807, 2.05) is 42.7 Å². The fourth-order valence-corrected chi connectivity index (χ4v) is 3.79. The molecule has 0 amide bonds. The van der Waals surface area contributed by atoms with Gasteiger partial charge in [-0.05, 0) is 18.4 Å². The van der Waals surface area contributed by atoms with Crippen LogP contribution < -0.4 is 0 Å². The molecule has 5 nitrogen and oxygen atoms in total. The summed E-state index contributed by atoms with van der Waals surface area (Å²) in [7, 11) is 0. The van der Waals surface area contributed by atoms with Crippen LogP contribution >= 0.6 is 35.0 Å². The molecule has 0 spiro atoms. The third kappa shape index (κ3) is 3.18. The maximum absolute atomic E-state index is 9.59. The summed E-state index contributed by atoms with van der Waals surface area (Å²) in [4.78, 5) is 9.33. The summed E-state index contributed by atoms with van der Waals surface area (Å²) in [6, 6.07) is 17.1. The summed E-state index contributed by atoms with van der Waals surface area (Å²) in [6.45, 7) is 0. The maximum atomic E-state index is 9.59. The Bertz CT molecular complexity index is 1250. The van der Waals surface area contributed by atoms with Crippen molar-refractivity contribution in [2.45, 2.75) is 5.03 Å². The van der Waals surface area contributed by atoms with Gasteiger partial charge >= 0.3 is 0 Å². The zero-order valence-corrected chi connectivity index (χ0v) is 17.0. The quantitative estimate of drug-likeness (QED) is 0.322. The second-order valence-corrected chi connectivity index (χ2v) is 7.47. The average Bonchev–Trinajstić information content (AvgIpc) is 3.23. The maximum Gasteiger partial charge on any atom is 0.180 e. The molecule has 28 heavy (non-hydrogen) atoms. The van der Waals surface area contributed by atoms with Crippen molar-refractivity contribution in [1.29, 1.82) is 5.26 Å². The lowest BCUT2D eigenvalue weighted by Crippen LogP contribution is -1.88. The van der Waals surface area contributed by atoms with Crippen LogP contribution in [0.4, 0.5) is 5.82 Å². The summed E-state index contributed by atoms with van der Waals surface area (Å²) >= 11 is 14.1. The minimum atomic E-state index is 0.472. The Hall–Kier alpha value is -2.72. The second kappa shape index (κ2) is 7.72. The molecule has 0 saturated carbocycles. The van der Waals surface area contributed by atoms with Crippen molar-refractivity contribution >= 4 is 52.6 Å². The summed E-state index contributed by atoms with van der Waals surface area (Å²) in [5, 5.41) is 14.7. The molecule has 0 fully saturated rings. The minimum absolute atomic E-state index is 0.472. The smallest absolute Gasteiger partial charge is 0.180 e. The van der Waals surface area contributed by atoms with Crippen molar-refractivity contribution in [3.8, 4) is 17.3 Å². The number of fused-ring (bicyclic) bond motifs is 1. The standard InChI is InChI=1S/C20H13Cl2N5S/c1-28-20-14(10-23)18-25-17(13-7-3-5-9-16(13)22)19(27(18)26-20)24-11-12-6-2-4-8-15(12)21/h2-9,11,26H,1H3. The Morgan fingerprint density at radius 1 is 1.14 bits per heavy atom. The number of nitriles is 1. The van der Waals surface area contributed by atoms with Gasteiger partial charge < -0.3 is 0 Å². The number of halogens is 2. The molecular weight excluding hydrogens is 413 g/mol. The number of nitrogens with one attached hydrogen (secondary N) is 1. The molecule has 2 heterocycles. The first-order chi connectivity index (χ1) is 13.6. The fraction of sp³-hybridized carbons (Fsp3) is 0.0500. The van der Waals surface area contributed by atoms with E-state index in [1.165, 1.54) is 11.8 Å². The van der Waals surface area contributed by atoms with Crippen LogP contribution in [-0.2, 0) is 0 Å². The van der Waals surface area contributed by atoms with Crippen molar-refractivity contribution in [2.24, 2.45) is 4.99 Å². The molecular formula is C20H13Cl2N5S. The topological polar surface area (TPSA) is 69.2 Å². The van der Waals surface area contributed by atoms with Crippen LogP contribution in [0, 0.1) is 11.3 Å². The van der Waals surface area contributed by atoms with Crippen LogP contribution in [0.15, 0.2) is 58.5 Å². The normalized spacial score (nSPS) is 11.4. The first kappa shape index (κ1) is 18.6. The number of nitrogens with zero attached hydrogens (tertiary/aromatic N) is 4. The van der Waals surface area contributed by atoms with Gasteiger partial charge in [0.25, 0.3) is 0 Å². The predicted molar refractivity (Wildman–Crippen MR) is 115 cm³/mol. The van der Waals surface area contributed by atoms with Crippen LogP contribution in [0.3, 0.4) is 0 Å². The molecule has 1 N–H and O–H groups in total. The molecule has 0 atom stereocenters. The lowest BCUT2D eigenvalue weighted by atomic mass is 10.1. The Labute approximate surface area is 175 Å². The average molecular weight is 426 g/mol. The molecule has 8 heteroatoms. The highest BCUT2D eigenvalue weighted by molar-refractivity contribution is 7.98. The van der Waals surface area contributed by atoms with Crippen molar-refractivity contribution in [3.05, 3.63) is 69.7 Å². The van der Waals surface area contributed by atoms with Crippen molar-refractivity contribution in [1.82, 2.24) is 14.6 Å². The van der Waals surface area contributed by atoms with E-state index in [0.717, 1.165) is 16.2 Å². The Morgan fingerprint density at radius 3 is 2.54 bits per heavy atom. The van der Waals surface area contributed by atoms with Crippen molar-refractivity contribution in [2.75, 3.05) is 6.26 Å². The largest absolute Gasteiger partial charge is 0.283 e. The Morgan fingerprint density at radius 2 is 1.86 bits per heavy atom. The first-order valence-electron chi connectivity index (χ1n) is 8.26. The van der Waals surface area contributed by atoms with Crippen LogP contribution in [0.5, 0.6) is 0 Å². The van der Waals surface area contributed by atoms with Gasteiger partial charge in [0.1, 0.15) is 22.4 Å². The third-order valence-electron chi connectivity index (χ3n) is 4.19. The van der Waals surface area contributed by atoms with Gasteiger partial charge in [0, 0.05) is 22.4 Å². The summed E-state index contributed by atoms with van der Waals surface area (Å²) in [5.74, 6) is 0.541. The fourth-order valence-electron chi connectivity index (χ4n) is 2.86. The molecule has 0 radical (unpaired) electrons. The van der Waals surface area contributed by atoms with Gasteiger partial charge in [0.05, 0.1) is 5.02 Å². The molecule has 138 valence electrons. The van der Waals surface area contributed by atoms with Gasteiger partial charge in [-0.25, -0.2) is 14.5 Å². The van der Waals surface area contributed by atoms with Gasteiger partial charge in [0.15, 0.2) is 11.5 Å². The predicted octanol–water partition coefficient (Wildman–Crippen LogP) is 5.98. The van der Waals surface area contributed by atoms with Crippen molar-refractivity contribution in [3.63, 3.8) is 0 Å². The Balaban J connectivity index is 1.97. The minimum Gasteiger partial charge on any atom is -0.283 e. The van der Waals surface area contributed by atoms with E-state index in [0.29, 0.717) is 32.8 Å². The van der Waals surface area contributed by atoms with E-state index in [4.69, 9.17) is 23.2 Å². The zero-order chi connectivity index (χ0) is 19.7. The number of H-pyrrole nitrogens is 1. The molecule has 0 aliphatic carbocycles. The third-order valence-corrected chi connectivity index (χ3v) is 5.57. The van der Waals surface area contributed by atoms with E-state index in [-0.39, 0.29) is 0 Å². The number of hydrogen-bond donors (Lipinski definition) is 1. The lowest BCUT2D eigenvalue weighted by molar-refractivity contribution is 0.909. The molecule has 0 aliphatic rings. The van der Waals surface area contributed by atoms with E-state index < -0.39 is 0 Å². The highest BCUT2D eigenvalue weighted by atomic mass is 35.5. The highest BCUT2D eigenvalue weighted by Gasteiger charge is 2.22. The van der Waals surface area contributed by atoms with Gasteiger partial charge in [-0.15, -0.1) is 11.8 Å². The first-order valence-corrected chi connectivity index (χ1v) is 10.2. The molecule has 0 saturated heterocycles. The van der Waals surface area contributed by atoms with Crippen molar-refractivity contribution < 1.29 is 0 Å². The number of thioether (sulfide) groups is 1. The number of hydrogen-bond acceptors (Lipinski definition) is 4. The molecule has 2 aromatic carbocycles. The second-order valence-electron chi connectivity index (χ2n) is 5.83. The van der Waals surface area contributed by atoms with Gasteiger partial charge in [-0.1, -0.05) is 59.6 Å². The van der Waals surface area contributed by atoms with E-state index in [2.05, 4.69) is 21.1 Å². The van der Waals surface area contributed by atoms with E-state index >= 15 is 0 Å². The SMILES string of the molecule is CSc1[nH]n2c(N=Cc3ccccc3Cl)c(-c3ccccc3Cl)nc2c1C#N.